The molecule has 0 aliphatic rings. The van der Waals surface area contributed by atoms with E-state index in [-0.39, 0.29) is 148 Å². The van der Waals surface area contributed by atoms with E-state index in [0.717, 1.165) is 103 Å². The van der Waals surface area contributed by atoms with Gasteiger partial charge in [0.15, 0.2) is 0 Å². The van der Waals surface area contributed by atoms with Crippen LogP contribution >= 0.6 is 0 Å². The quantitative estimate of drug-likeness (QED) is 0.112. The molecule has 0 atom stereocenters. The molecule has 24 aromatic carbocycles. The number of furan rings is 3. The van der Waals surface area contributed by atoms with E-state index >= 15 is 0 Å². The van der Waals surface area contributed by atoms with Crippen molar-refractivity contribution in [2.75, 3.05) is 0 Å². The molecule has 590 valence electrons. The maximum absolute atomic E-state index is 9.28. The zero-order valence-corrected chi connectivity index (χ0v) is 67.2. The molecule has 0 unspecified atom stereocenters. The van der Waals surface area contributed by atoms with Gasteiger partial charge in [0, 0.05) is 43.1 Å². The number of fused-ring (bicyclic) bond motifs is 24. The predicted molar refractivity (Wildman–Crippen MR) is 540 cm³/mol. The maximum Gasteiger partial charge on any atom is 0.143 e. The predicted octanol–water partition coefficient (Wildman–Crippen LogP) is 35.6. The summed E-state index contributed by atoms with van der Waals surface area (Å²) in [6.45, 7) is 0. The Kier molecular flexibility index (Phi) is 12.5. The Morgan fingerprint density at radius 3 is 0.913 bits per heavy atom. The molecule has 0 aliphatic carbocycles. The summed E-state index contributed by atoms with van der Waals surface area (Å²) in [6.07, 6.45) is 0. The molecule has 127 heavy (non-hydrogen) atoms. The minimum absolute atomic E-state index is 0.166. The molecular formula is C124H76O3. The molecule has 3 aromatic heterocycles. The van der Waals surface area contributed by atoms with E-state index in [1.807, 2.05) is 261 Å². The molecule has 27 rings (SSSR count). The fraction of sp³-hybridized carbons (Fsp3) is 0. The van der Waals surface area contributed by atoms with Gasteiger partial charge < -0.3 is 13.3 Å². The van der Waals surface area contributed by atoms with E-state index in [2.05, 4.69) is 18.2 Å². The molecule has 0 aliphatic heterocycles. The van der Waals surface area contributed by atoms with E-state index in [1.54, 1.807) is 36.4 Å². The topological polar surface area (TPSA) is 39.4 Å². The summed E-state index contributed by atoms with van der Waals surface area (Å²) >= 11 is 0. The highest BCUT2D eigenvalue weighted by Crippen LogP contribution is 2.51. The third-order valence-corrected chi connectivity index (χ3v) is 24.7. The van der Waals surface area contributed by atoms with E-state index in [0.29, 0.717) is 83.5 Å². The summed E-state index contributed by atoms with van der Waals surface area (Å²) in [4.78, 5) is 0. The Labute approximate surface area is 765 Å². The van der Waals surface area contributed by atoms with Crippen molar-refractivity contribution in [3.05, 3.63) is 460 Å². The van der Waals surface area contributed by atoms with Crippen LogP contribution in [-0.2, 0) is 0 Å². The van der Waals surface area contributed by atoms with Crippen molar-refractivity contribution in [3.8, 4) is 89.0 Å². The summed E-state index contributed by atoms with van der Waals surface area (Å²) in [5.41, 5.74) is 12.5. The molecule has 27 aromatic rings. The molecule has 0 saturated heterocycles. The van der Waals surface area contributed by atoms with E-state index in [1.165, 1.54) is 0 Å². The summed E-state index contributed by atoms with van der Waals surface area (Å²) in [5, 5.41) is 15.7. The van der Waals surface area contributed by atoms with Gasteiger partial charge >= 0.3 is 0 Å². The molecule has 3 heteroatoms. The lowest BCUT2D eigenvalue weighted by molar-refractivity contribution is 0.669. The van der Waals surface area contributed by atoms with E-state index in [9.17, 15) is 13.7 Å². The number of benzene rings is 24. The lowest BCUT2D eigenvalue weighted by atomic mass is 9.85. The fourth-order valence-electron chi connectivity index (χ4n) is 19.1. The average Bonchev–Trinajstić information content (AvgIpc) is 1.71. The van der Waals surface area contributed by atoms with Crippen LogP contribution in [0.2, 0.25) is 0 Å². The van der Waals surface area contributed by atoms with Crippen LogP contribution in [0.1, 0.15) is 32.9 Å². The Morgan fingerprint density at radius 2 is 0.425 bits per heavy atom. The van der Waals surface area contributed by atoms with Crippen LogP contribution in [0.25, 0.3) is 263 Å². The molecule has 0 saturated carbocycles. The van der Waals surface area contributed by atoms with Crippen LogP contribution in [0, 0.1) is 0 Å². The molecule has 0 N–H and O–H groups in total. The van der Waals surface area contributed by atoms with Gasteiger partial charge in [-0.15, -0.1) is 0 Å². The van der Waals surface area contributed by atoms with Crippen LogP contribution in [0.4, 0.5) is 0 Å². The van der Waals surface area contributed by atoms with Crippen molar-refractivity contribution in [3.63, 3.8) is 0 Å². The molecule has 0 fully saturated rings. The largest absolute Gasteiger partial charge is 0.456 e. The van der Waals surface area contributed by atoms with Crippen LogP contribution in [0.3, 0.4) is 0 Å². The normalized spacial score (nSPS) is 14.4. The summed E-state index contributed by atoms with van der Waals surface area (Å²) < 4.78 is 235. The Bertz CT molecular complexity index is 10500. The van der Waals surface area contributed by atoms with Gasteiger partial charge in [0.05, 0.1) is 32.9 Å². The molecule has 3 heterocycles. The van der Waals surface area contributed by atoms with Crippen LogP contribution in [-0.4, -0.2) is 0 Å². The molecular weight excluding hydrogens is 1540 g/mol. The van der Waals surface area contributed by atoms with Gasteiger partial charge in [0.2, 0.25) is 0 Å². The second kappa shape index (κ2) is 30.1. The van der Waals surface area contributed by atoms with Crippen LogP contribution < -0.4 is 0 Å². The van der Waals surface area contributed by atoms with Gasteiger partial charge in [-0.2, -0.15) is 0 Å². The van der Waals surface area contributed by atoms with Gasteiger partial charge in [-0.1, -0.05) is 406 Å². The summed E-state index contributed by atoms with van der Waals surface area (Å²) in [6, 6.07) is 91.7. The monoisotopic (exact) mass is 1640 g/mol. The highest BCUT2D eigenvalue weighted by Gasteiger charge is 2.25. The van der Waals surface area contributed by atoms with Gasteiger partial charge in [-0.05, 0) is 241 Å². The molecule has 0 spiro atoms. The second-order valence-corrected chi connectivity index (χ2v) is 31.6. The highest BCUT2D eigenvalue weighted by atomic mass is 16.3. The second-order valence-electron chi connectivity index (χ2n) is 31.6. The minimum Gasteiger partial charge on any atom is -0.456 e. The Morgan fingerprint density at radius 1 is 0.142 bits per heavy atom. The van der Waals surface area contributed by atoms with E-state index < -0.39 is 72.5 Å². The van der Waals surface area contributed by atoms with Crippen molar-refractivity contribution in [2.24, 2.45) is 0 Å². The van der Waals surface area contributed by atoms with Crippen molar-refractivity contribution in [2.45, 2.75) is 0 Å². The van der Waals surface area contributed by atoms with Gasteiger partial charge in [-0.3, -0.25) is 0 Å². The number of hydrogen-bond acceptors (Lipinski definition) is 3. The highest BCUT2D eigenvalue weighted by molar-refractivity contribution is 6.32. The third kappa shape index (κ3) is 12.1. The zero-order chi connectivity index (χ0) is 104. The van der Waals surface area contributed by atoms with Crippen LogP contribution in [0.15, 0.2) is 474 Å². The zero-order valence-electron chi connectivity index (χ0n) is 91.2. The first kappa shape index (κ1) is 52.6. The van der Waals surface area contributed by atoms with Crippen molar-refractivity contribution < 1.29 is 46.1 Å². The van der Waals surface area contributed by atoms with Crippen LogP contribution in [0.5, 0.6) is 0 Å². The number of hydrogen-bond donors (Lipinski definition) is 0. The SMILES string of the molecule is [2H]c1c([2H])c([2H])c2c(-c3ccc4c(c3)oc3c5ccccc5c5ccccc5c43)c3c([2H])c([2H])c([2H])c([2H])c3c(-c3ccccc3)c2c1[2H].[2H]c1c([2H])c([2H])c2c(-c3ccc4c(c3)oc3c5ccccc5ccc43)c3c([2H])c([2H])c([2H])c([2H])c3c(-c3cccc(-c4ccccc4)c3)c2c1[2H].[2H]c1c([2H])c([2H])c2c(-c3ccc4c(c3)oc3ccc5ccccc5c34)c3c([2H])c([2H])c([2H])c([2H])c3c(-c3ccc(-c4ccccc4)cc3)c2c1[2H]. The Hall–Kier alpha value is -16.7. The average molecular weight is 1640 g/mol. The lowest BCUT2D eigenvalue weighted by Gasteiger charge is -2.18. The first-order valence-corrected chi connectivity index (χ1v) is 41.7. The number of rotatable bonds is 8. The van der Waals surface area contributed by atoms with Crippen molar-refractivity contribution >= 4 is 174 Å². The van der Waals surface area contributed by atoms with Gasteiger partial charge in [-0.25, -0.2) is 0 Å². The lowest BCUT2D eigenvalue weighted by Crippen LogP contribution is -1.91. The van der Waals surface area contributed by atoms with Crippen molar-refractivity contribution in [1.29, 1.82) is 0 Å². The summed E-state index contributed by atoms with van der Waals surface area (Å²) in [7, 11) is 0. The maximum atomic E-state index is 9.28. The molecule has 0 bridgehead atoms. The molecule has 0 radical (unpaired) electrons. The minimum atomic E-state index is -0.436. The van der Waals surface area contributed by atoms with E-state index in [4.69, 9.17) is 32.4 Å². The molecule has 0 amide bonds. The first-order valence-electron chi connectivity index (χ1n) is 53.7. The Balaban J connectivity index is 0.000000117. The van der Waals surface area contributed by atoms with Crippen molar-refractivity contribution in [1.82, 2.24) is 0 Å². The fourth-order valence-corrected chi connectivity index (χ4v) is 19.1. The summed E-state index contributed by atoms with van der Waals surface area (Å²) in [5.74, 6) is 0. The first-order chi connectivity index (χ1) is 73.0. The van der Waals surface area contributed by atoms with Gasteiger partial charge in [0.25, 0.3) is 0 Å². The smallest absolute Gasteiger partial charge is 0.143 e. The third-order valence-electron chi connectivity index (χ3n) is 24.7. The molecule has 3 nitrogen and oxygen atoms in total. The standard InChI is InChI=1S/2C42H26O.C40H24O/c1-2-11-27(12-3-1)29-14-10-15-30(25-29)40-34-17-6-8-19-36(34)41(37-20-9-7-18-35(37)40)31-22-23-33-38-24-21-28-13-4-5-16-32(28)42(38)43-39(33)26-31;1-2-10-27(11-3-1)28-18-20-30(21-19-28)40-33-14-6-8-16-35(33)41(36-17-9-7-15-34(36)40)31-22-24-37-39(26-31)43-38-25-23-29-12-4-5-13-32(29)42(37)38;1-2-12-25(13-3-1)37-30-17-7-9-19-32(30)38(33-20-10-8-18-31(33)37)26-22-23-35-36(24-26)41-40-34-21-11-5-15-28(34)27-14-4-6-16-29(27)39(35)40/h2*1-26H;1-24H/i6D,7D,8D,9D,17D,18D,19D,20D;6D,7D,8D,9D,14D,15D,16D,17D;7D,8D,9D,10D,17D,18D,19D,20D. The van der Waals surface area contributed by atoms with Gasteiger partial charge in [0.1, 0.15) is 33.5 Å².